The molecule has 0 radical (unpaired) electrons. The molecule has 0 atom stereocenters. The van der Waals surface area contributed by atoms with Gasteiger partial charge in [0.2, 0.25) is 5.88 Å². The smallest absolute Gasteiger partial charge is 0.354 e. The van der Waals surface area contributed by atoms with Gasteiger partial charge in [-0.25, -0.2) is 0 Å². The zero-order chi connectivity index (χ0) is 10.1. The molecule has 1 heterocycles. The highest BCUT2D eigenvalue weighted by Gasteiger charge is 2.48. The maximum absolute atomic E-state index is 11.7. The number of hydrogen-bond acceptors (Lipinski definition) is 5. The lowest BCUT2D eigenvalue weighted by Crippen LogP contribution is -2.28. The minimum absolute atomic E-state index is 0.581. The Balaban J connectivity index is 2.87. The van der Waals surface area contributed by atoms with Crippen molar-refractivity contribution in [3.8, 4) is 5.88 Å². The molecule has 0 saturated heterocycles. The molecule has 13 heavy (non-hydrogen) atoms. The van der Waals surface area contributed by atoms with E-state index in [1.54, 1.807) is 0 Å². The summed E-state index contributed by atoms with van der Waals surface area (Å²) in [6.45, 7) is 0. The molecule has 0 N–H and O–H groups in total. The first kappa shape index (κ1) is 10.3. The molecule has 1 aromatic heterocycles. The average Bonchev–Trinajstić information content (AvgIpc) is 2.35. The molecule has 0 aliphatic carbocycles. The summed E-state index contributed by atoms with van der Waals surface area (Å²) >= 11 is 0.784. The van der Waals surface area contributed by atoms with Crippen LogP contribution in [0.2, 0.25) is 0 Å². The molecule has 0 bridgehead atoms. The monoisotopic (exact) mass is 233 g/mol. The van der Waals surface area contributed by atoms with Crippen molar-refractivity contribution < 1.29 is 25.8 Å². The average molecular weight is 233 g/mol. The van der Waals surface area contributed by atoms with Crippen molar-refractivity contribution in [3.63, 3.8) is 0 Å². The van der Waals surface area contributed by atoms with Gasteiger partial charge in [-0.2, -0.15) is 26.0 Å². The fraction of sp³-hybridized carbons (Fsp3) is 0.250. The molecular formula is C4H2F3NO3S2. The molecule has 9 heteroatoms. The van der Waals surface area contributed by atoms with E-state index in [9.17, 15) is 21.6 Å². The van der Waals surface area contributed by atoms with Crippen LogP contribution < -0.4 is 4.18 Å². The number of halogens is 3. The lowest BCUT2D eigenvalue weighted by atomic mass is 10.7. The molecular weight excluding hydrogens is 231 g/mol. The predicted molar refractivity (Wildman–Crippen MR) is 37.7 cm³/mol. The highest BCUT2D eigenvalue weighted by atomic mass is 32.2. The highest BCUT2D eigenvalue weighted by molar-refractivity contribution is 7.87. The van der Waals surface area contributed by atoms with Crippen molar-refractivity contribution in [2.24, 2.45) is 0 Å². The van der Waals surface area contributed by atoms with Gasteiger partial charge >= 0.3 is 15.6 Å². The van der Waals surface area contributed by atoms with Crippen LogP contribution in [0.4, 0.5) is 13.2 Å². The summed E-state index contributed by atoms with van der Waals surface area (Å²) in [5.74, 6) is -0.581. The summed E-state index contributed by atoms with van der Waals surface area (Å²) in [7, 11) is -5.58. The highest BCUT2D eigenvalue weighted by Crippen LogP contribution is 2.26. The third-order valence-corrected chi connectivity index (χ3v) is 2.39. The molecule has 0 fully saturated rings. The second-order valence-corrected chi connectivity index (χ2v) is 4.02. The van der Waals surface area contributed by atoms with Gasteiger partial charge in [-0.15, -0.1) is 0 Å². The Morgan fingerprint density at radius 1 is 1.46 bits per heavy atom. The molecule has 0 saturated carbocycles. The van der Waals surface area contributed by atoms with Gasteiger partial charge < -0.3 is 4.18 Å². The molecule has 1 aromatic rings. The number of alkyl halides is 3. The Labute approximate surface area is 75.2 Å². The number of nitrogens with zero attached hydrogens (tertiary/aromatic N) is 1. The Morgan fingerprint density at radius 3 is 2.46 bits per heavy atom. The molecule has 0 amide bonds. The minimum Gasteiger partial charge on any atom is -0.354 e. The van der Waals surface area contributed by atoms with E-state index in [4.69, 9.17) is 0 Å². The number of hydrogen-bond donors (Lipinski definition) is 0. The van der Waals surface area contributed by atoms with Gasteiger partial charge in [0.15, 0.2) is 0 Å². The van der Waals surface area contributed by atoms with Crippen LogP contribution in [0.15, 0.2) is 11.4 Å². The minimum atomic E-state index is -5.58. The third kappa shape index (κ3) is 2.31. The van der Waals surface area contributed by atoms with Crippen LogP contribution in [0.25, 0.3) is 0 Å². The zero-order valence-electron chi connectivity index (χ0n) is 5.78. The maximum Gasteiger partial charge on any atom is 0.534 e. The topological polar surface area (TPSA) is 56.3 Å². The van der Waals surface area contributed by atoms with Gasteiger partial charge in [0, 0.05) is 11.4 Å². The normalized spacial score (nSPS) is 12.8. The summed E-state index contributed by atoms with van der Waals surface area (Å²) in [4.78, 5) is 0. The van der Waals surface area contributed by atoms with E-state index in [0.29, 0.717) is 0 Å². The SMILES string of the molecule is O=S(=O)(Oc1ccsn1)C(F)(F)F. The van der Waals surface area contributed by atoms with Crippen molar-refractivity contribution in [2.75, 3.05) is 0 Å². The molecule has 1 rings (SSSR count). The molecule has 4 nitrogen and oxygen atoms in total. The quantitative estimate of drug-likeness (QED) is 0.572. The zero-order valence-corrected chi connectivity index (χ0v) is 7.41. The van der Waals surface area contributed by atoms with Gasteiger partial charge in [-0.1, -0.05) is 0 Å². The van der Waals surface area contributed by atoms with Crippen LogP contribution >= 0.6 is 11.5 Å². The third-order valence-electron chi connectivity index (χ3n) is 0.893. The Morgan fingerprint density at radius 2 is 2.08 bits per heavy atom. The summed E-state index contributed by atoms with van der Waals surface area (Å²) < 4.78 is 62.6. The van der Waals surface area contributed by atoms with E-state index < -0.39 is 21.5 Å². The van der Waals surface area contributed by atoms with E-state index >= 15 is 0 Å². The van der Waals surface area contributed by atoms with Gasteiger partial charge in [0.1, 0.15) is 0 Å². The van der Waals surface area contributed by atoms with Crippen LogP contribution in [0.5, 0.6) is 5.88 Å². The van der Waals surface area contributed by atoms with Gasteiger partial charge in [0.25, 0.3) is 0 Å². The van der Waals surface area contributed by atoms with Gasteiger partial charge in [-0.05, 0) is 11.5 Å². The van der Waals surface area contributed by atoms with Crippen molar-refractivity contribution in [1.29, 1.82) is 0 Å². The fourth-order valence-electron chi connectivity index (χ4n) is 0.404. The summed E-state index contributed by atoms with van der Waals surface area (Å²) in [5.41, 5.74) is -5.42. The summed E-state index contributed by atoms with van der Waals surface area (Å²) in [5, 5.41) is 1.29. The molecule has 74 valence electrons. The molecule has 0 aromatic carbocycles. The van der Waals surface area contributed by atoms with E-state index in [0.717, 1.165) is 17.6 Å². The standard InChI is InChI=1S/C4H2F3NO3S2/c5-4(6,7)13(9,10)11-3-1-2-12-8-3/h1-2H. The summed E-state index contributed by atoms with van der Waals surface area (Å²) in [6, 6.07) is 1.02. The second-order valence-electron chi connectivity index (χ2n) is 1.82. The van der Waals surface area contributed by atoms with Crippen LogP contribution in [-0.4, -0.2) is 18.3 Å². The number of aromatic nitrogens is 1. The molecule has 0 aliphatic heterocycles. The molecule has 0 unspecified atom stereocenters. The Kier molecular flexibility index (Phi) is 2.48. The van der Waals surface area contributed by atoms with Gasteiger partial charge in [0.05, 0.1) is 0 Å². The second kappa shape index (κ2) is 3.14. The lowest BCUT2D eigenvalue weighted by molar-refractivity contribution is -0.0501. The van der Waals surface area contributed by atoms with Crippen molar-refractivity contribution in [2.45, 2.75) is 5.51 Å². The van der Waals surface area contributed by atoms with Crippen LogP contribution in [0, 0.1) is 0 Å². The Bertz CT molecular complexity index is 368. The fourth-order valence-corrected chi connectivity index (χ4v) is 1.30. The van der Waals surface area contributed by atoms with Gasteiger partial charge in [-0.3, -0.25) is 0 Å². The first-order chi connectivity index (χ1) is 5.83. The van der Waals surface area contributed by atoms with E-state index in [1.165, 1.54) is 5.38 Å². The maximum atomic E-state index is 11.7. The number of rotatable bonds is 2. The predicted octanol–water partition coefficient (Wildman–Crippen LogP) is 1.37. The largest absolute Gasteiger partial charge is 0.534 e. The van der Waals surface area contributed by atoms with Crippen LogP contribution in [-0.2, 0) is 10.1 Å². The molecule has 0 spiro atoms. The van der Waals surface area contributed by atoms with E-state index in [2.05, 4.69) is 8.56 Å². The van der Waals surface area contributed by atoms with Crippen molar-refractivity contribution in [1.82, 2.24) is 4.37 Å². The van der Waals surface area contributed by atoms with Crippen molar-refractivity contribution >= 4 is 21.7 Å². The van der Waals surface area contributed by atoms with Crippen LogP contribution in [0.3, 0.4) is 0 Å². The van der Waals surface area contributed by atoms with Crippen molar-refractivity contribution in [3.05, 3.63) is 11.4 Å². The van der Waals surface area contributed by atoms with E-state index in [-0.39, 0.29) is 0 Å². The summed E-state index contributed by atoms with van der Waals surface area (Å²) in [6.07, 6.45) is 0. The Hall–Kier alpha value is -0.830. The lowest BCUT2D eigenvalue weighted by Gasteiger charge is -2.06. The first-order valence-electron chi connectivity index (χ1n) is 2.74. The van der Waals surface area contributed by atoms with Crippen LogP contribution in [0.1, 0.15) is 0 Å². The molecule has 0 aliphatic rings. The van der Waals surface area contributed by atoms with E-state index in [1.807, 2.05) is 0 Å². The first-order valence-corrected chi connectivity index (χ1v) is 4.98.